The second-order valence-corrected chi connectivity index (χ2v) is 17.2. The number of nitrogens with zero attached hydrogens (tertiary/aromatic N) is 1. The van der Waals surface area contributed by atoms with Crippen LogP contribution in [0.4, 0.5) is 0 Å². The molecule has 53 heavy (non-hydrogen) atoms. The number of carbonyl (C=O) groups excluding carboxylic acids is 2. The lowest BCUT2D eigenvalue weighted by molar-refractivity contribution is -0.870. The number of rotatable bonds is 39. The van der Waals surface area contributed by atoms with E-state index in [0.717, 1.165) is 32.1 Å². The molecule has 9 nitrogen and oxygen atoms in total. The molecule has 0 spiro atoms. The van der Waals surface area contributed by atoms with Crippen molar-refractivity contribution >= 4 is 19.8 Å². The molecule has 0 heterocycles. The first kappa shape index (κ1) is 51.5. The van der Waals surface area contributed by atoms with Gasteiger partial charge >= 0.3 is 11.9 Å². The minimum Gasteiger partial charge on any atom is -0.756 e. The second-order valence-electron chi connectivity index (χ2n) is 15.8. The van der Waals surface area contributed by atoms with Crippen molar-refractivity contribution < 1.29 is 42.1 Å². The maximum atomic E-state index is 12.6. The third-order valence-corrected chi connectivity index (χ3v) is 10.3. The van der Waals surface area contributed by atoms with Gasteiger partial charge in [0.15, 0.2) is 6.10 Å². The average Bonchev–Trinajstić information content (AvgIpc) is 3.10. The van der Waals surface area contributed by atoms with Crippen LogP contribution in [0.15, 0.2) is 24.3 Å². The van der Waals surface area contributed by atoms with E-state index in [0.29, 0.717) is 17.4 Å². The Labute approximate surface area is 326 Å². The van der Waals surface area contributed by atoms with E-state index in [2.05, 4.69) is 13.8 Å². The lowest BCUT2D eigenvalue weighted by Crippen LogP contribution is -2.37. The molecule has 0 saturated heterocycles. The predicted molar refractivity (Wildman–Crippen MR) is 218 cm³/mol. The molecule has 1 unspecified atom stereocenters. The quantitative estimate of drug-likeness (QED) is 0.0152. The van der Waals surface area contributed by atoms with E-state index < -0.39 is 32.5 Å². The van der Waals surface area contributed by atoms with Gasteiger partial charge in [-0.1, -0.05) is 180 Å². The van der Waals surface area contributed by atoms with Gasteiger partial charge in [-0.2, -0.15) is 0 Å². The monoisotopic (exact) mass is 772 g/mol. The zero-order valence-corrected chi connectivity index (χ0v) is 35.9. The van der Waals surface area contributed by atoms with Gasteiger partial charge in [-0.25, -0.2) is 4.79 Å². The molecule has 0 aliphatic carbocycles. The number of esters is 2. The Bertz CT molecular complexity index is 964. The number of phosphoric ester groups is 1. The summed E-state index contributed by atoms with van der Waals surface area (Å²) in [5, 5.41) is 0. The van der Waals surface area contributed by atoms with E-state index in [9.17, 15) is 19.0 Å². The van der Waals surface area contributed by atoms with Gasteiger partial charge in [-0.3, -0.25) is 9.36 Å². The zero-order valence-electron chi connectivity index (χ0n) is 35.0. The predicted octanol–water partition coefficient (Wildman–Crippen LogP) is 11.3. The summed E-state index contributed by atoms with van der Waals surface area (Å²) in [6.07, 6.45) is 38.3. The Hall–Kier alpha value is -1.51. The molecule has 0 amide bonds. The molecule has 0 saturated carbocycles. The summed E-state index contributed by atoms with van der Waals surface area (Å²) in [5.41, 5.74) is 0. The molecule has 0 N–H and O–H groups in total. The minimum absolute atomic E-state index is 0.0413. The summed E-state index contributed by atoms with van der Waals surface area (Å²) in [7, 11) is 1.13. The molecule has 0 fully saturated rings. The number of unbranched alkanes of at least 4 members (excludes halogenated alkanes) is 24. The number of phosphoric acid groups is 1. The topological polar surface area (TPSA) is 111 Å². The van der Waals surface area contributed by atoms with Gasteiger partial charge in [0.25, 0.3) is 7.82 Å². The van der Waals surface area contributed by atoms with E-state index in [-0.39, 0.29) is 19.6 Å². The SMILES string of the molecule is CCCCCCCCCCCCC/C=C/C=C/C(=O)OC[C@H](COP(=O)([O-])OCC[N+](C)(C)C)OC(=O)CCCCCCCCCCCCCCCC. The summed E-state index contributed by atoms with van der Waals surface area (Å²) in [4.78, 5) is 37.3. The first-order valence-corrected chi connectivity index (χ1v) is 23.0. The smallest absolute Gasteiger partial charge is 0.330 e. The van der Waals surface area contributed by atoms with Gasteiger partial charge in [0.2, 0.25) is 0 Å². The number of likely N-dealkylation sites (N-methyl/N-ethyl adjacent to an activating group) is 1. The Balaban J connectivity index is 4.46. The molecule has 312 valence electrons. The lowest BCUT2D eigenvalue weighted by Gasteiger charge is -2.28. The largest absolute Gasteiger partial charge is 0.756 e. The van der Waals surface area contributed by atoms with Crippen molar-refractivity contribution in [1.82, 2.24) is 0 Å². The summed E-state index contributed by atoms with van der Waals surface area (Å²) in [6.45, 7) is 4.11. The highest BCUT2D eigenvalue weighted by Crippen LogP contribution is 2.38. The molecule has 10 heteroatoms. The van der Waals surface area contributed by atoms with Crippen LogP contribution in [0.1, 0.15) is 187 Å². The van der Waals surface area contributed by atoms with E-state index in [4.69, 9.17) is 18.5 Å². The normalized spacial score (nSPS) is 13.8. The van der Waals surface area contributed by atoms with Gasteiger partial charge in [-0.15, -0.1) is 0 Å². The van der Waals surface area contributed by atoms with Crippen LogP contribution in [0.3, 0.4) is 0 Å². The zero-order chi connectivity index (χ0) is 39.3. The molecule has 0 aromatic rings. The fourth-order valence-electron chi connectivity index (χ4n) is 5.92. The number of carbonyl (C=O) groups is 2. The first-order chi connectivity index (χ1) is 25.5. The number of quaternary nitrogens is 1. The van der Waals surface area contributed by atoms with Crippen molar-refractivity contribution in [3.8, 4) is 0 Å². The number of hydrogen-bond donors (Lipinski definition) is 0. The molecule has 0 aromatic carbocycles. The van der Waals surface area contributed by atoms with Crippen LogP contribution in [-0.2, 0) is 32.7 Å². The van der Waals surface area contributed by atoms with Crippen molar-refractivity contribution in [3.63, 3.8) is 0 Å². The number of allylic oxidation sites excluding steroid dienone is 3. The first-order valence-electron chi connectivity index (χ1n) is 21.6. The Kier molecular flexibility index (Phi) is 35.1. The highest BCUT2D eigenvalue weighted by Gasteiger charge is 2.21. The van der Waals surface area contributed by atoms with Crippen LogP contribution in [0.25, 0.3) is 0 Å². The van der Waals surface area contributed by atoms with Crippen molar-refractivity contribution in [2.75, 3.05) is 47.5 Å². The van der Waals surface area contributed by atoms with Crippen LogP contribution >= 0.6 is 7.82 Å². The van der Waals surface area contributed by atoms with Crippen molar-refractivity contribution in [1.29, 1.82) is 0 Å². The van der Waals surface area contributed by atoms with Gasteiger partial charge in [0.05, 0.1) is 27.7 Å². The van der Waals surface area contributed by atoms with Crippen LogP contribution in [0.5, 0.6) is 0 Å². The van der Waals surface area contributed by atoms with E-state index in [1.54, 1.807) is 6.08 Å². The lowest BCUT2D eigenvalue weighted by atomic mass is 10.0. The second kappa shape index (κ2) is 36.1. The van der Waals surface area contributed by atoms with Crippen molar-refractivity contribution in [2.45, 2.75) is 193 Å². The summed E-state index contributed by atoms with van der Waals surface area (Å²) in [5.74, 6) is -1.08. The van der Waals surface area contributed by atoms with Gasteiger partial charge in [-0.05, 0) is 19.3 Å². The molecule has 0 rings (SSSR count). The molecule has 0 aliphatic heterocycles. The maximum absolute atomic E-state index is 12.6. The molecular formula is C43H82NO8P. The van der Waals surface area contributed by atoms with E-state index in [1.807, 2.05) is 33.3 Å². The van der Waals surface area contributed by atoms with Crippen LogP contribution < -0.4 is 4.89 Å². The standard InChI is InChI=1S/C43H82NO8P/c1-6-8-10-12-14-16-18-20-22-24-25-27-29-31-33-35-42(45)49-39-41(40-51-53(47,48)50-38-37-44(3,4)5)52-43(46)36-34-32-30-28-26-23-21-19-17-15-13-11-9-7-2/h29,31,33,35,41H,6-28,30,32,34,36-40H2,1-5H3/b31-29+,35-33+/t41-/m1/s1. The number of hydrogen-bond acceptors (Lipinski definition) is 8. The Morgan fingerprint density at radius 1 is 0.623 bits per heavy atom. The molecule has 0 aliphatic rings. The van der Waals surface area contributed by atoms with Crippen molar-refractivity contribution in [3.05, 3.63) is 24.3 Å². The highest BCUT2D eigenvalue weighted by atomic mass is 31.2. The van der Waals surface area contributed by atoms with E-state index in [1.165, 1.54) is 134 Å². The highest BCUT2D eigenvalue weighted by molar-refractivity contribution is 7.45. The van der Waals surface area contributed by atoms with Crippen LogP contribution in [0.2, 0.25) is 0 Å². The molecule has 2 atom stereocenters. The van der Waals surface area contributed by atoms with Gasteiger partial charge < -0.3 is 27.9 Å². The summed E-state index contributed by atoms with van der Waals surface area (Å²) < 4.78 is 33.7. The summed E-state index contributed by atoms with van der Waals surface area (Å²) in [6, 6.07) is 0. The minimum atomic E-state index is -4.64. The van der Waals surface area contributed by atoms with E-state index >= 15 is 0 Å². The summed E-state index contributed by atoms with van der Waals surface area (Å²) >= 11 is 0. The third-order valence-electron chi connectivity index (χ3n) is 9.33. The fourth-order valence-corrected chi connectivity index (χ4v) is 6.65. The molecular weight excluding hydrogens is 689 g/mol. The van der Waals surface area contributed by atoms with Gasteiger partial charge in [0, 0.05) is 12.5 Å². The average molecular weight is 772 g/mol. The van der Waals surface area contributed by atoms with Crippen molar-refractivity contribution in [2.24, 2.45) is 0 Å². The van der Waals surface area contributed by atoms with Crippen LogP contribution in [-0.4, -0.2) is 70.0 Å². The molecule has 0 radical (unpaired) electrons. The maximum Gasteiger partial charge on any atom is 0.330 e. The Morgan fingerprint density at radius 3 is 1.55 bits per heavy atom. The van der Waals surface area contributed by atoms with Crippen LogP contribution in [0, 0.1) is 0 Å². The third kappa shape index (κ3) is 40.0. The number of ether oxygens (including phenoxy) is 2. The Morgan fingerprint density at radius 2 is 1.08 bits per heavy atom. The molecule has 0 aromatic heterocycles. The fraction of sp³-hybridized carbons (Fsp3) is 0.860. The van der Waals surface area contributed by atoms with Gasteiger partial charge in [0.1, 0.15) is 19.8 Å². The molecule has 0 bridgehead atoms.